The number of nitrogens with two attached hydrogens (primary N) is 1. The van der Waals surface area contributed by atoms with Gasteiger partial charge in [0.25, 0.3) is 0 Å². The largest absolute Gasteiger partial charge is 0.465 e. The quantitative estimate of drug-likeness (QED) is 0.689. The van der Waals surface area contributed by atoms with Crippen LogP contribution in [0.5, 0.6) is 0 Å². The van der Waals surface area contributed by atoms with Crippen molar-refractivity contribution in [3.05, 3.63) is 46.3 Å². The molecule has 0 saturated heterocycles. The third kappa shape index (κ3) is 3.11. The molecule has 19 heavy (non-hydrogen) atoms. The number of nitrogen functional groups attached to an aromatic ring is 1. The van der Waals surface area contributed by atoms with E-state index in [0.29, 0.717) is 10.6 Å². The second kappa shape index (κ2) is 6.12. The van der Waals surface area contributed by atoms with Crippen molar-refractivity contribution in [1.82, 2.24) is 0 Å². The summed E-state index contributed by atoms with van der Waals surface area (Å²) in [5, 5.41) is 0.679. The fourth-order valence-corrected chi connectivity index (χ4v) is 3.96. The Kier molecular flexibility index (Phi) is 4.50. The second-order valence-corrected chi connectivity index (χ2v) is 6.23. The number of esters is 1. The lowest BCUT2D eigenvalue weighted by Gasteiger charge is -2.05. The average Bonchev–Trinajstić information content (AvgIpc) is 2.71. The Morgan fingerprint density at radius 3 is 2.68 bits per heavy atom. The molecule has 0 fully saturated rings. The van der Waals surface area contributed by atoms with Crippen LogP contribution in [0, 0.1) is 6.92 Å². The van der Waals surface area contributed by atoms with E-state index < -0.39 is 0 Å². The van der Waals surface area contributed by atoms with Gasteiger partial charge < -0.3 is 10.5 Å². The minimum atomic E-state index is -0.319. The molecule has 2 N–H and O–H groups in total. The van der Waals surface area contributed by atoms with Gasteiger partial charge in [0.05, 0.1) is 17.6 Å². The molecule has 1 heterocycles. The summed E-state index contributed by atoms with van der Waals surface area (Å²) in [7, 11) is 1.39. The Morgan fingerprint density at radius 1 is 1.37 bits per heavy atom. The summed E-state index contributed by atoms with van der Waals surface area (Å²) in [4.78, 5) is 13.5. The number of thioether (sulfide) groups is 1. The fourth-order valence-electron chi connectivity index (χ4n) is 1.76. The molecule has 0 spiro atoms. The van der Waals surface area contributed by atoms with Crippen molar-refractivity contribution in [3.63, 3.8) is 0 Å². The van der Waals surface area contributed by atoms with Crippen LogP contribution in [0.3, 0.4) is 0 Å². The first-order chi connectivity index (χ1) is 9.13. The third-order valence-electron chi connectivity index (χ3n) is 2.68. The van der Waals surface area contributed by atoms with Crippen LogP contribution in [0.15, 0.2) is 35.2 Å². The van der Waals surface area contributed by atoms with Crippen LogP contribution >= 0.6 is 23.1 Å². The maximum absolute atomic E-state index is 11.8. The number of rotatable bonds is 4. The smallest absolute Gasteiger partial charge is 0.340 e. The number of hydrogen-bond acceptors (Lipinski definition) is 5. The number of carbonyl (C=O) groups is 1. The summed E-state index contributed by atoms with van der Waals surface area (Å²) < 4.78 is 4.82. The lowest BCUT2D eigenvalue weighted by molar-refractivity contribution is 0.0597. The number of thiophene rings is 1. The standard InChI is InChI=1S/C14H15NO2S2/c1-9-11(14(16)17-2)12(13(15)19-9)18-8-10-6-4-3-5-7-10/h3-7H,8,15H2,1-2H3. The zero-order chi connectivity index (χ0) is 13.8. The minimum Gasteiger partial charge on any atom is -0.465 e. The maximum atomic E-state index is 11.8. The Bertz CT molecular complexity index is 579. The van der Waals surface area contributed by atoms with E-state index in [1.165, 1.54) is 24.0 Å². The molecule has 0 aliphatic rings. The molecule has 0 atom stereocenters. The number of benzene rings is 1. The van der Waals surface area contributed by atoms with Gasteiger partial charge in [0.2, 0.25) is 0 Å². The first kappa shape index (κ1) is 14.0. The van der Waals surface area contributed by atoms with Crippen molar-refractivity contribution in [2.24, 2.45) is 0 Å². The highest BCUT2D eigenvalue weighted by molar-refractivity contribution is 7.99. The van der Waals surface area contributed by atoms with E-state index in [0.717, 1.165) is 15.5 Å². The van der Waals surface area contributed by atoms with Gasteiger partial charge in [-0.05, 0) is 12.5 Å². The Labute approximate surface area is 120 Å². The van der Waals surface area contributed by atoms with Crippen molar-refractivity contribution in [3.8, 4) is 0 Å². The van der Waals surface area contributed by atoms with Crippen LogP contribution in [-0.4, -0.2) is 13.1 Å². The zero-order valence-electron chi connectivity index (χ0n) is 10.8. The summed E-state index contributed by atoms with van der Waals surface area (Å²) in [6.07, 6.45) is 0. The van der Waals surface area contributed by atoms with Gasteiger partial charge in [0.15, 0.2) is 0 Å². The van der Waals surface area contributed by atoms with Crippen LogP contribution in [0.2, 0.25) is 0 Å². The van der Waals surface area contributed by atoms with Gasteiger partial charge in [-0.15, -0.1) is 23.1 Å². The Hall–Kier alpha value is -1.46. The van der Waals surface area contributed by atoms with E-state index in [9.17, 15) is 4.79 Å². The number of carbonyl (C=O) groups excluding carboxylic acids is 1. The van der Waals surface area contributed by atoms with Crippen LogP contribution in [0.25, 0.3) is 0 Å². The molecule has 1 aromatic carbocycles. The molecule has 3 nitrogen and oxygen atoms in total. The number of anilines is 1. The van der Waals surface area contributed by atoms with E-state index in [-0.39, 0.29) is 5.97 Å². The van der Waals surface area contributed by atoms with E-state index in [4.69, 9.17) is 10.5 Å². The molecule has 100 valence electrons. The van der Waals surface area contributed by atoms with Crippen molar-refractivity contribution >= 4 is 34.1 Å². The predicted octanol–water partition coefficient (Wildman–Crippen LogP) is 3.72. The first-order valence-electron chi connectivity index (χ1n) is 5.77. The van der Waals surface area contributed by atoms with Gasteiger partial charge in [0, 0.05) is 10.6 Å². The van der Waals surface area contributed by atoms with Gasteiger partial charge in [-0.1, -0.05) is 30.3 Å². The summed E-state index contributed by atoms with van der Waals surface area (Å²) in [5.41, 5.74) is 7.79. The maximum Gasteiger partial charge on any atom is 0.340 e. The summed E-state index contributed by atoms with van der Waals surface area (Å²) in [6.45, 7) is 1.89. The first-order valence-corrected chi connectivity index (χ1v) is 7.57. The predicted molar refractivity (Wildman–Crippen MR) is 80.8 cm³/mol. The molecular formula is C14H15NO2S2. The van der Waals surface area contributed by atoms with Crippen molar-refractivity contribution in [1.29, 1.82) is 0 Å². The molecule has 2 aromatic rings. The number of aryl methyl sites for hydroxylation is 1. The van der Waals surface area contributed by atoms with Gasteiger partial charge in [0.1, 0.15) is 5.00 Å². The highest BCUT2D eigenvalue weighted by Crippen LogP contribution is 2.39. The zero-order valence-corrected chi connectivity index (χ0v) is 12.4. The van der Waals surface area contributed by atoms with Crippen LogP contribution in [-0.2, 0) is 10.5 Å². The van der Waals surface area contributed by atoms with Crippen molar-refractivity contribution < 1.29 is 9.53 Å². The van der Waals surface area contributed by atoms with E-state index in [1.807, 2.05) is 25.1 Å². The molecule has 1 aromatic heterocycles. The Balaban J connectivity index is 2.22. The van der Waals surface area contributed by atoms with Gasteiger partial charge in [-0.2, -0.15) is 0 Å². The van der Waals surface area contributed by atoms with Crippen LogP contribution in [0.1, 0.15) is 20.8 Å². The number of methoxy groups -OCH3 is 1. The molecule has 2 rings (SSSR count). The van der Waals surface area contributed by atoms with E-state index >= 15 is 0 Å². The molecule has 0 aliphatic carbocycles. The molecule has 0 unspecified atom stereocenters. The highest BCUT2D eigenvalue weighted by Gasteiger charge is 2.21. The van der Waals surface area contributed by atoms with Gasteiger partial charge in [-0.3, -0.25) is 0 Å². The van der Waals surface area contributed by atoms with E-state index in [1.54, 1.807) is 11.8 Å². The summed E-state index contributed by atoms with van der Waals surface area (Å²) >= 11 is 3.01. The molecule has 0 bridgehead atoms. The summed E-state index contributed by atoms with van der Waals surface area (Å²) in [5.74, 6) is 0.464. The number of hydrogen-bond donors (Lipinski definition) is 1. The third-order valence-corrected chi connectivity index (χ3v) is 4.94. The van der Waals surface area contributed by atoms with Crippen molar-refractivity contribution in [2.45, 2.75) is 17.6 Å². The molecular weight excluding hydrogens is 278 g/mol. The van der Waals surface area contributed by atoms with Gasteiger partial charge in [-0.25, -0.2) is 4.79 Å². The minimum absolute atomic E-state index is 0.319. The average molecular weight is 293 g/mol. The lowest BCUT2D eigenvalue weighted by Crippen LogP contribution is -2.03. The molecule has 0 saturated carbocycles. The summed E-state index contributed by atoms with van der Waals surface area (Å²) in [6, 6.07) is 10.1. The Morgan fingerprint density at radius 2 is 2.05 bits per heavy atom. The van der Waals surface area contributed by atoms with E-state index in [2.05, 4.69) is 12.1 Å². The van der Waals surface area contributed by atoms with Crippen LogP contribution < -0.4 is 5.73 Å². The topological polar surface area (TPSA) is 52.3 Å². The lowest BCUT2D eigenvalue weighted by atomic mass is 10.2. The highest BCUT2D eigenvalue weighted by atomic mass is 32.2. The molecule has 0 amide bonds. The monoisotopic (exact) mass is 293 g/mol. The van der Waals surface area contributed by atoms with Gasteiger partial charge >= 0.3 is 5.97 Å². The molecule has 0 radical (unpaired) electrons. The fraction of sp³-hybridized carbons (Fsp3) is 0.214. The number of ether oxygens (including phenoxy) is 1. The normalized spacial score (nSPS) is 10.4. The second-order valence-electron chi connectivity index (χ2n) is 3.99. The van der Waals surface area contributed by atoms with Crippen molar-refractivity contribution in [2.75, 3.05) is 12.8 Å². The SMILES string of the molecule is COC(=O)c1c(C)sc(N)c1SCc1ccccc1. The molecule has 0 aliphatic heterocycles. The van der Waals surface area contributed by atoms with Crippen LogP contribution in [0.4, 0.5) is 5.00 Å². The molecule has 5 heteroatoms.